The molecule has 0 amide bonds. The van der Waals surface area contributed by atoms with Crippen molar-refractivity contribution in [1.29, 1.82) is 10.5 Å². The third-order valence-corrected chi connectivity index (χ3v) is 2.87. The second-order valence-electron chi connectivity index (χ2n) is 4.42. The molecule has 0 aliphatic heterocycles. The molecule has 7 nitrogen and oxygen atoms in total. The monoisotopic (exact) mass is 322 g/mol. The Bertz CT molecular complexity index is 764. The fourth-order valence-electron chi connectivity index (χ4n) is 2.11. The smallest absolute Gasteiger partial charge is 0.323 e. The van der Waals surface area contributed by atoms with E-state index in [0.29, 0.717) is 15.6 Å². The van der Waals surface area contributed by atoms with E-state index in [-0.39, 0.29) is 11.6 Å². The number of aromatic nitrogens is 2. The number of nitriles is 2. The SMILES string of the molecule is C#N.C#N.CC(C)n1c(=O)n(C(F)F)c2cc(C=NN)ccc21. The average Bonchev–Trinajstić information content (AvgIpc) is 2.83. The molecule has 23 heavy (non-hydrogen) atoms. The molecular formula is C14H16F2N6O. The van der Waals surface area contributed by atoms with Crippen LogP contribution in [-0.2, 0) is 0 Å². The third kappa shape index (κ3) is 3.92. The van der Waals surface area contributed by atoms with Crippen LogP contribution in [0, 0.1) is 23.7 Å². The molecule has 1 aromatic heterocycles. The van der Waals surface area contributed by atoms with Gasteiger partial charge in [-0.05, 0) is 31.5 Å². The standard InChI is InChI=1S/C12H14F2N4O.2CHN/c1-7(2)17-9-4-3-8(6-16-15)5-10(9)18(11(13)14)12(17)19;2*1-2/h3-7,11H,15H2,1-2H3;2*1H. The summed E-state index contributed by atoms with van der Waals surface area (Å²) < 4.78 is 27.9. The maximum atomic E-state index is 13.0. The quantitative estimate of drug-likeness (QED) is 0.531. The topological polar surface area (TPSA) is 113 Å². The third-order valence-electron chi connectivity index (χ3n) is 2.87. The number of nitrogens with two attached hydrogens (primary N) is 1. The predicted molar refractivity (Wildman–Crippen MR) is 83.0 cm³/mol. The van der Waals surface area contributed by atoms with Crippen LogP contribution < -0.4 is 11.5 Å². The van der Waals surface area contributed by atoms with Crippen LogP contribution in [0.25, 0.3) is 11.0 Å². The van der Waals surface area contributed by atoms with Gasteiger partial charge < -0.3 is 5.84 Å². The van der Waals surface area contributed by atoms with Crippen LogP contribution in [0.3, 0.4) is 0 Å². The Labute approximate surface area is 131 Å². The molecule has 0 aliphatic carbocycles. The van der Waals surface area contributed by atoms with Crippen LogP contribution in [0.1, 0.15) is 32.0 Å². The van der Waals surface area contributed by atoms with E-state index in [1.807, 2.05) is 0 Å². The van der Waals surface area contributed by atoms with Gasteiger partial charge in [0.05, 0.1) is 17.2 Å². The first-order chi connectivity index (χ1) is 11.0. The Kier molecular flexibility index (Phi) is 7.70. The lowest BCUT2D eigenvalue weighted by Crippen LogP contribution is -2.25. The second-order valence-corrected chi connectivity index (χ2v) is 4.42. The van der Waals surface area contributed by atoms with Gasteiger partial charge in [-0.25, -0.2) is 19.9 Å². The first kappa shape index (κ1) is 19.8. The first-order valence-corrected chi connectivity index (χ1v) is 6.27. The number of alkyl halides is 2. The van der Waals surface area contributed by atoms with Crippen molar-refractivity contribution in [1.82, 2.24) is 9.13 Å². The van der Waals surface area contributed by atoms with E-state index in [0.717, 1.165) is 0 Å². The molecule has 122 valence electrons. The van der Waals surface area contributed by atoms with Gasteiger partial charge in [0, 0.05) is 19.2 Å². The number of hydrogen-bond acceptors (Lipinski definition) is 5. The Morgan fingerprint density at radius 1 is 1.17 bits per heavy atom. The molecule has 9 heteroatoms. The van der Waals surface area contributed by atoms with Crippen LogP contribution in [0.5, 0.6) is 0 Å². The fourth-order valence-corrected chi connectivity index (χ4v) is 2.11. The predicted octanol–water partition coefficient (Wildman–Crippen LogP) is 2.35. The molecule has 0 saturated heterocycles. The Morgan fingerprint density at radius 2 is 1.74 bits per heavy atom. The van der Waals surface area contributed by atoms with Crippen molar-refractivity contribution >= 4 is 17.2 Å². The van der Waals surface area contributed by atoms with Gasteiger partial charge in [-0.1, -0.05) is 6.07 Å². The Morgan fingerprint density at radius 3 is 2.17 bits per heavy atom. The highest BCUT2D eigenvalue weighted by molar-refractivity contribution is 5.87. The van der Waals surface area contributed by atoms with Gasteiger partial charge in [0.15, 0.2) is 0 Å². The summed E-state index contributed by atoms with van der Waals surface area (Å²) >= 11 is 0. The van der Waals surface area contributed by atoms with Crippen LogP contribution in [0.2, 0.25) is 0 Å². The zero-order valence-corrected chi connectivity index (χ0v) is 12.6. The number of fused-ring (bicyclic) bond motifs is 1. The molecule has 0 atom stereocenters. The van der Waals surface area contributed by atoms with Crippen molar-refractivity contribution in [2.75, 3.05) is 0 Å². The zero-order valence-electron chi connectivity index (χ0n) is 12.6. The summed E-state index contributed by atoms with van der Waals surface area (Å²) in [7, 11) is 0. The lowest BCUT2D eigenvalue weighted by molar-refractivity contribution is 0.0701. The number of imidazole rings is 1. The summed E-state index contributed by atoms with van der Waals surface area (Å²) in [6.45, 7) is 7.65. The van der Waals surface area contributed by atoms with Crippen LogP contribution >= 0.6 is 0 Å². The molecular weight excluding hydrogens is 306 g/mol. The van der Waals surface area contributed by atoms with Gasteiger partial charge >= 0.3 is 12.2 Å². The van der Waals surface area contributed by atoms with Gasteiger partial charge in [-0.15, -0.1) is 0 Å². The highest BCUT2D eigenvalue weighted by atomic mass is 19.3. The summed E-state index contributed by atoms with van der Waals surface area (Å²) in [5.41, 5.74) is 0.479. The molecule has 0 aliphatic rings. The molecule has 0 bridgehead atoms. The molecule has 1 aromatic carbocycles. The molecule has 0 spiro atoms. The van der Waals surface area contributed by atoms with Crippen LogP contribution in [-0.4, -0.2) is 15.3 Å². The minimum absolute atomic E-state index is 0.172. The maximum Gasteiger partial charge on any atom is 0.333 e. The number of nitrogens with zero attached hydrogens (tertiary/aromatic N) is 5. The largest absolute Gasteiger partial charge is 0.333 e. The van der Waals surface area contributed by atoms with E-state index in [4.69, 9.17) is 16.4 Å². The highest BCUT2D eigenvalue weighted by Gasteiger charge is 2.20. The summed E-state index contributed by atoms with van der Waals surface area (Å²) in [4.78, 5) is 12.0. The van der Waals surface area contributed by atoms with Crippen molar-refractivity contribution in [3.05, 3.63) is 34.2 Å². The second kappa shape index (κ2) is 8.95. The fraction of sp³-hybridized carbons (Fsp3) is 0.286. The van der Waals surface area contributed by atoms with E-state index < -0.39 is 12.2 Å². The zero-order chi connectivity index (χ0) is 18.2. The maximum absolute atomic E-state index is 13.0. The van der Waals surface area contributed by atoms with Crippen LogP contribution in [0.15, 0.2) is 28.1 Å². The molecule has 1 heterocycles. The van der Waals surface area contributed by atoms with E-state index in [1.165, 1.54) is 16.8 Å². The minimum atomic E-state index is -2.89. The number of benzene rings is 1. The van der Waals surface area contributed by atoms with E-state index >= 15 is 0 Å². The lowest BCUT2D eigenvalue weighted by atomic mass is 10.2. The Hall–Kier alpha value is -3.20. The molecule has 0 radical (unpaired) electrons. The molecule has 0 fully saturated rings. The highest BCUT2D eigenvalue weighted by Crippen LogP contribution is 2.22. The average molecular weight is 322 g/mol. The van der Waals surface area contributed by atoms with Crippen molar-refractivity contribution in [2.24, 2.45) is 10.9 Å². The van der Waals surface area contributed by atoms with Crippen LogP contribution in [0.4, 0.5) is 8.78 Å². The van der Waals surface area contributed by atoms with Gasteiger partial charge in [0.2, 0.25) is 0 Å². The van der Waals surface area contributed by atoms with Gasteiger partial charge in [0.25, 0.3) is 0 Å². The van der Waals surface area contributed by atoms with Crippen molar-refractivity contribution in [3.63, 3.8) is 0 Å². The molecule has 2 rings (SSSR count). The number of halogens is 2. The number of rotatable bonds is 3. The van der Waals surface area contributed by atoms with Crippen molar-refractivity contribution < 1.29 is 8.78 Å². The van der Waals surface area contributed by atoms with E-state index in [1.54, 1.807) is 26.0 Å². The summed E-state index contributed by atoms with van der Waals surface area (Å²) in [6, 6.07) is 4.56. The van der Waals surface area contributed by atoms with Gasteiger partial charge in [-0.2, -0.15) is 13.9 Å². The Balaban J connectivity index is 0.00000112. The summed E-state index contributed by atoms with van der Waals surface area (Å²) in [5.74, 6) is 5.03. The van der Waals surface area contributed by atoms with Crippen molar-refractivity contribution in [2.45, 2.75) is 26.4 Å². The summed E-state index contributed by atoms with van der Waals surface area (Å²) in [6.07, 6.45) is 1.34. The normalized spacial score (nSPS) is 10.3. The molecule has 0 unspecified atom stereocenters. The van der Waals surface area contributed by atoms with Gasteiger partial charge in [0.1, 0.15) is 0 Å². The number of hydrogen-bond donors (Lipinski definition) is 1. The lowest BCUT2D eigenvalue weighted by Gasteiger charge is -2.06. The van der Waals surface area contributed by atoms with Gasteiger partial charge in [-0.3, -0.25) is 4.57 Å². The van der Waals surface area contributed by atoms with Crippen molar-refractivity contribution in [3.8, 4) is 13.1 Å². The van der Waals surface area contributed by atoms with E-state index in [2.05, 4.69) is 18.2 Å². The summed E-state index contributed by atoms with van der Waals surface area (Å²) in [5, 5.41) is 16.3. The van der Waals surface area contributed by atoms with E-state index in [9.17, 15) is 13.6 Å². The molecule has 2 aromatic rings. The molecule has 2 N–H and O–H groups in total. The molecule has 0 saturated carbocycles. The first-order valence-electron chi connectivity index (χ1n) is 6.27. The minimum Gasteiger partial charge on any atom is -0.323 e. The number of hydrazone groups is 1.